The van der Waals surface area contributed by atoms with Crippen LogP contribution in [0.4, 0.5) is 11.4 Å². The number of amides is 1. The van der Waals surface area contributed by atoms with Gasteiger partial charge in [0, 0.05) is 46.5 Å². The lowest BCUT2D eigenvalue weighted by Gasteiger charge is -2.29. The highest BCUT2D eigenvalue weighted by molar-refractivity contribution is 7.80. The number of nitrogens with zero attached hydrogens (tertiary/aromatic N) is 3. The molecule has 0 aliphatic carbocycles. The fourth-order valence-electron chi connectivity index (χ4n) is 5.70. The summed E-state index contributed by atoms with van der Waals surface area (Å²) in [5.41, 5.74) is 5.99. The zero-order chi connectivity index (χ0) is 30.5. The molecule has 0 radical (unpaired) electrons. The number of hydrogen-bond acceptors (Lipinski definition) is 6. The third kappa shape index (κ3) is 5.16. The SMILES string of the molecule is COc1cc(N2C(=S)N[C@H](c3ccccn3)[C@@H]2c2cc(C)n(-c3ccc4c(c3)OCO4)c2C)ccc1NC(=O)C(C)(C)C. The molecule has 43 heavy (non-hydrogen) atoms. The van der Waals surface area contributed by atoms with Gasteiger partial charge in [0.25, 0.3) is 0 Å². The average Bonchev–Trinajstić information content (AvgIpc) is 3.67. The normalized spacial score (nSPS) is 17.6. The maximum absolute atomic E-state index is 12.8. The van der Waals surface area contributed by atoms with Gasteiger partial charge in [0.1, 0.15) is 5.75 Å². The van der Waals surface area contributed by atoms with Crippen molar-refractivity contribution in [1.29, 1.82) is 0 Å². The minimum absolute atomic E-state index is 0.0963. The van der Waals surface area contributed by atoms with Gasteiger partial charge in [0.05, 0.1) is 30.6 Å². The third-order valence-electron chi connectivity index (χ3n) is 7.89. The Labute approximate surface area is 256 Å². The van der Waals surface area contributed by atoms with Crippen molar-refractivity contribution in [3.8, 4) is 22.9 Å². The van der Waals surface area contributed by atoms with Crippen LogP contribution >= 0.6 is 12.2 Å². The first-order valence-corrected chi connectivity index (χ1v) is 14.6. The van der Waals surface area contributed by atoms with Gasteiger partial charge in [0.15, 0.2) is 16.6 Å². The molecule has 2 atom stereocenters. The predicted octanol–water partition coefficient (Wildman–Crippen LogP) is 6.39. The molecule has 4 heterocycles. The number of thiocarbonyl (C=S) groups is 1. The molecule has 10 heteroatoms. The van der Waals surface area contributed by atoms with E-state index in [4.69, 9.17) is 31.4 Å². The molecular weight excluding hydrogens is 562 g/mol. The Morgan fingerprint density at radius 2 is 1.81 bits per heavy atom. The van der Waals surface area contributed by atoms with E-state index in [1.807, 2.05) is 75.4 Å². The van der Waals surface area contributed by atoms with Crippen molar-refractivity contribution < 1.29 is 19.0 Å². The number of pyridine rings is 1. The maximum Gasteiger partial charge on any atom is 0.231 e. The number of benzene rings is 2. The van der Waals surface area contributed by atoms with Gasteiger partial charge in [-0.2, -0.15) is 0 Å². The molecule has 2 aromatic carbocycles. The van der Waals surface area contributed by atoms with E-state index in [0.717, 1.165) is 45.5 Å². The number of fused-ring (bicyclic) bond motifs is 1. The molecule has 2 aliphatic rings. The Morgan fingerprint density at radius 1 is 1.05 bits per heavy atom. The van der Waals surface area contributed by atoms with E-state index in [-0.39, 0.29) is 24.8 Å². The Bertz CT molecular complexity index is 1710. The Balaban J connectivity index is 1.45. The second kappa shape index (κ2) is 10.9. The molecule has 2 N–H and O–H groups in total. The number of carbonyl (C=O) groups is 1. The fourth-order valence-corrected chi connectivity index (χ4v) is 6.05. The molecule has 1 saturated heterocycles. The van der Waals surface area contributed by atoms with E-state index in [9.17, 15) is 4.79 Å². The van der Waals surface area contributed by atoms with E-state index in [1.165, 1.54) is 0 Å². The monoisotopic (exact) mass is 597 g/mol. The van der Waals surface area contributed by atoms with Gasteiger partial charge in [-0.25, -0.2) is 0 Å². The van der Waals surface area contributed by atoms with Gasteiger partial charge in [-0.1, -0.05) is 26.8 Å². The zero-order valence-electron chi connectivity index (χ0n) is 25.1. The highest BCUT2D eigenvalue weighted by atomic mass is 32.1. The number of anilines is 2. The highest BCUT2D eigenvalue weighted by Crippen LogP contribution is 2.45. The molecule has 1 fully saturated rings. The lowest BCUT2D eigenvalue weighted by molar-refractivity contribution is -0.123. The van der Waals surface area contributed by atoms with Gasteiger partial charge >= 0.3 is 0 Å². The smallest absolute Gasteiger partial charge is 0.231 e. The summed E-state index contributed by atoms with van der Waals surface area (Å²) in [4.78, 5) is 19.6. The zero-order valence-corrected chi connectivity index (χ0v) is 25.9. The molecule has 1 amide bonds. The van der Waals surface area contributed by atoms with E-state index >= 15 is 0 Å². The van der Waals surface area contributed by atoms with E-state index < -0.39 is 5.41 Å². The molecule has 6 rings (SSSR count). The van der Waals surface area contributed by atoms with Gasteiger partial charge < -0.3 is 34.3 Å². The van der Waals surface area contributed by atoms with Crippen molar-refractivity contribution >= 4 is 34.6 Å². The number of aromatic nitrogens is 2. The van der Waals surface area contributed by atoms with Crippen molar-refractivity contribution in [3.63, 3.8) is 0 Å². The first-order chi connectivity index (χ1) is 20.6. The summed E-state index contributed by atoms with van der Waals surface area (Å²) in [6.45, 7) is 10.1. The molecule has 4 aromatic rings. The number of rotatable bonds is 6. The first-order valence-electron chi connectivity index (χ1n) is 14.2. The number of aryl methyl sites for hydroxylation is 1. The minimum Gasteiger partial charge on any atom is -0.494 e. The number of hydrogen-bond donors (Lipinski definition) is 2. The predicted molar refractivity (Wildman–Crippen MR) is 170 cm³/mol. The first kappa shape index (κ1) is 28.5. The van der Waals surface area contributed by atoms with Gasteiger partial charge in [-0.05, 0) is 74.1 Å². The second-order valence-electron chi connectivity index (χ2n) is 11.8. The quantitative estimate of drug-likeness (QED) is 0.247. The largest absolute Gasteiger partial charge is 0.494 e. The molecule has 0 bridgehead atoms. The standard InChI is InChI=1S/C33H35N5O4S/c1-19-15-23(20(2)37(19)21-11-13-26-28(17-21)42-18-41-26)30-29(25-9-7-8-14-34-25)36-32(43)38(30)22-10-12-24(27(16-22)40-6)35-31(39)33(3,4)5/h7-17,29-30H,18H2,1-6H3,(H,35,39)(H,36,43)/t29-,30+/m1/s1. The highest BCUT2D eigenvalue weighted by Gasteiger charge is 2.42. The summed E-state index contributed by atoms with van der Waals surface area (Å²) >= 11 is 5.98. The van der Waals surface area contributed by atoms with Crippen LogP contribution in [0.15, 0.2) is 66.9 Å². The Morgan fingerprint density at radius 3 is 2.53 bits per heavy atom. The average molecular weight is 598 g/mol. The fraction of sp³-hybridized carbons (Fsp3) is 0.303. The number of methoxy groups -OCH3 is 1. The van der Waals surface area contributed by atoms with Crippen LogP contribution in [0, 0.1) is 19.3 Å². The number of carbonyl (C=O) groups excluding carboxylic acids is 1. The topological polar surface area (TPSA) is 89.9 Å². The van der Waals surface area contributed by atoms with E-state index in [1.54, 1.807) is 13.3 Å². The molecule has 2 aromatic heterocycles. The van der Waals surface area contributed by atoms with Crippen molar-refractivity contribution in [3.05, 3.63) is 89.5 Å². The second-order valence-corrected chi connectivity index (χ2v) is 12.2. The summed E-state index contributed by atoms with van der Waals surface area (Å²) in [5.74, 6) is 1.92. The van der Waals surface area contributed by atoms with Gasteiger partial charge in [0.2, 0.25) is 12.7 Å². The van der Waals surface area contributed by atoms with E-state index in [0.29, 0.717) is 16.5 Å². The van der Waals surface area contributed by atoms with Crippen molar-refractivity contribution in [2.24, 2.45) is 5.41 Å². The lowest BCUT2D eigenvalue weighted by atomic mass is 9.95. The van der Waals surface area contributed by atoms with Crippen LogP contribution in [0.3, 0.4) is 0 Å². The molecule has 222 valence electrons. The van der Waals surface area contributed by atoms with Crippen LogP contribution in [-0.2, 0) is 4.79 Å². The summed E-state index contributed by atoms with van der Waals surface area (Å²) < 4.78 is 19.2. The van der Waals surface area contributed by atoms with Gasteiger partial charge in [-0.3, -0.25) is 9.78 Å². The number of nitrogens with one attached hydrogen (secondary N) is 2. The maximum atomic E-state index is 12.8. The summed E-state index contributed by atoms with van der Waals surface area (Å²) in [7, 11) is 1.60. The molecule has 0 unspecified atom stereocenters. The molecule has 0 spiro atoms. The van der Waals surface area contributed by atoms with Crippen molar-refractivity contribution in [1.82, 2.24) is 14.9 Å². The Kier molecular flexibility index (Phi) is 7.25. The number of ether oxygens (including phenoxy) is 3. The van der Waals surface area contributed by atoms with Crippen LogP contribution in [0.2, 0.25) is 0 Å². The van der Waals surface area contributed by atoms with Crippen LogP contribution < -0.4 is 29.7 Å². The van der Waals surface area contributed by atoms with Crippen LogP contribution in [0.5, 0.6) is 17.2 Å². The summed E-state index contributed by atoms with van der Waals surface area (Å²) in [5, 5.41) is 7.11. The van der Waals surface area contributed by atoms with Crippen LogP contribution in [-0.4, -0.2) is 34.5 Å². The molecule has 2 aliphatic heterocycles. The lowest BCUT2D eigenvalue weighted by Crippen LogP contribution is -2.30. The molecular formula is C33H35N5O4S. The molecule has 0 saturated carbocycles. The minimum atomic E-state index is -0.550. The van der Waals surface area contributed by atoms with Crippen molar-refractivity contribution in [2.75, 3.05) is 24.1 Å². The Hall–Kier alpha value is -4.57. The van der Waals surface area contributed by atoms with Crippen molar-refractivity contribution in [2.45, 2.75) is 46.7 Å². The van der Waals surface area contributed by atoms with Crippen LogP contribution in [0.1, 0.15) is 55.5 Å². The summed E-state index contributed by atoms with van der Waals surface area (Å²) in [6, 6.07) is 19.4. The third-order valence-corrected chi connectivity index (χ3v) is 8.21. The van der Waals surface area contributed by atoms with E-state index in [2.05, 4.69) is 40.0 Å². The summed E-state index contributed by atoms with van der Waals surface area (Å²) in [6.07, 6.45) is 1.80. The molecule has 9 nitrogen and oxygen atoms in total. The van der Waals surface area contributed by atoms with Gasteiger partial charge in [-0.15, -0.1) is 0 Å². The van der Waals surface area contributed by atoms with Crippen LogP contribution in [0.25, 0.3) is 5.69 Å².